The van der Waals surface area contributed by atoms with E-state index in [2.05, 4.69) is 15.4 Å². The Hall–Kier alpha value is -1.79. The van der Waals surface area contributed by atoms with Crippen molar-refractivity contribution in [2.24, 2.45) is 0 Å². The van der Waals surface area contributed by atoms with Crippen molar-refractivity contribution < 1.29 is 9.13 Å². The van der Waals surface area contributed by atoms with Crippen LogP contribution < -0.4 is 5.32 Å². The normalized spacial score (nSPS) is 11.0. The summed E-state index contributed by atoms with van der Waals surface area (Å²) in [4.78, 5) is 4.22. The molecule has 0 amide bonds. The van der Waals surface area contributed by atoms with E-state index in [0.717, 1.165) is 5.56 Å². The maximum Gasteiger partial charge on any atom is 0.149 e. The standard InChI is InChI=1S/C14H19FN4O/c1-10-17-11(2)19(18-10)14-12(5-4-6-13(14)15)9-16-7-8-20-3/h4-6,16H,7-9H2,1-3H3. The van der Waals surface area contributed by atoms with Crippen molar-refractivity contribution in [3.05, 3.63) is 41.2 Å². The molecule has 1 N–H and O–H groups in total. The van der Waals surface area contributed by atoms with Gasteiger partial charge in [-0.2, -0.15) is 5.10 Å². The largest absolute Gasteiger partial charge is 0.383 e. The summed E-state index contributed by atoms with van der Waals surface area (Å²) in [5, 5.41) is 7.47. The summed E-state index contributed by atoms with van der Waals surface area (Å²) in [6.07, 6.45) is 0. The molecule has 0 bridgehead atoms. The lowest BCUT2D eigenvalue weighted by Gasteiger charge is -2.12. The second-order valence-electron chi connectivity index (χ2n) is 4.54. The van der Waals surface area contributed by atoms with E-state index in [1.807, 2.05) is 13.0 Å². The van der Waals surface area contributed by atoms with Crippen molar-refractivity contribution in [1.82, 2.24) is 20.1 Å². The first kappa shape index (κ1) is 14.6. The molecule has 0 saturated heterocycles. The number of aryl methyl sites for hydroxylation is 2. The Morgan fingerprint density at radius 2 is 2.15 bits per heavy atom. The fourth-order valence-electron chi connectivity index (χ4n) is 2.07. The summed E-state index contributed by atoms with van der Waals surface area (Å²) in [5.41, 5.74) is 1.30. The molecule has 0 aliphatic heterocycles. The van der Waals surface area contributed by atoms with Gasteiger partial charge in [0.15, 0.2) is 0 Å². The molecule has 0 aliphatic rings. The molecule has 0 aliphatic carbocycles. The van der Waals surface area contributed by atoms with Crippen LogP contribution in [0.1, 0.15) is 17.2 Å². The molecule has 2 rings (SSSR count). The van der Waals surface area contributed by atoms with E-state index in [-0.39, 0.29) is 5.82 Å². The highest BCUT2D eigenvalue weighted by atomic mass is 19.1. The molecular formula is C14H19FN4O. The minimum absolute atomic E-state index is 0.302. The Kier molecular flexibility index (Phi) is 4.81. The maximum atomic E-state index is 14.2. The van der Waals surface area contributed by atoms with Gasteiger partial charge < -0.3 is 10.1 Å². The summed E-state index contributed by atoms with van der Waals surface area (Å²) in [6.45, 7) is 5.48. The van der Waals surface area contributed by atoms with Crippen molar-refractivity contribution >= 4 is 0 Å². The van der Waals surface area contributed by atoms with Gasteiger partial charge in [-0.05, 0) is 25.5 Å². The summed E-state index contributed by atoms with van der Waals surface area (Å²) < 4.78 is 20.7. The van der Waals surface area contributed by atoms with E-state index in [9.17, 15) is 4.39 Å². The molecular weight excluding hydrogens is 259 g/mol. The molecule has 0 spiro atoms. The third kappa shape index (κ3) is 3.20. The van der Waals surface area contributed by atoms with Gasteiger partial charge in [-0.15, -0.1) is 0 Å². The first-order valence-corrected chi connectivity index (χ1v) is 6.51. The zero-order valence-corrected chi connectivity index (χ0v) is 12.0. The number of aromatic nitrogens is 3. The molecule has 0 fully saturated rings. The van der Waals surface area contributed by atoms with Gasteiger partial charge in [0, 0.05) is 20.2 Å². The Morgan fingerprint density at radius 1 is 1.35 bits per heavy atom. The van der Waals surface area contributed by atoms with Gasteiger partial charge in [0.1, 0.15) is 23.2 Å². The Balaban J connectivity index is 2.29. The third-order valence-electron chi connectivity index (χ3n) is 2.96. The highest BCUT2D eigenvalue weighted by molar-refractivity contribution is 5.42. The highest BCUT2D eigenvalue weighted by Gasteiger charge is 2.14. The number of nitrogens with one attached hydrogen (secondary N) is 1. The van der Waals surface area contributed by atoms with Crippen LogP contribution >= 0.6 is 0 Å². The Bertz CT molecular complexity index is 583. The van der Waals surface area contributed by atoms with Crippen LogP contribution in [0.25, 0.3) is 5.69 Å². The average molecular weight is 278 g/mol. The van der Waals surface area contributed by atoms with Crippen LogP contribution in [0.5, 0.6) is 0 Å². The first-order valence-electron chi connectivity index (χ1n) is 6.51. The number of halogens is 1. The molecule has 20 heavy (non-hydrogen) atoms. The first-order chi connectivity index (χ1) is 9.63. The molecule has 5 nitrogen and oxygen atoms in total. The van der Waals surface area contributed by atoms with E-state index in [1.54, 1.807) is 24.8 Å². The lowest BCUT2D eigenvalue weighted by atomic mass is 10.1. The quantitative estimate of drug-likeness (QED) is 0.818. The summed E-state index contributed by atoms with van der Waals surface area (Å²) in [7, 11) is 1.65. The van der Waals surface area contributed by atoms with E-state index >= 15 is 0 Å². The molecule has 1 aromatic heterocycles. The number of hydrogen-bond acceptors (Lipinski definition) is 4. The second-order valence-corrected chi connectivity index (χ2v) is 4.54. The number of methoxy groups -OCH3 is 1. The van der Waals surface area contributed by atoms with Crippen LogP contribution in [-0.4, -0.2) is 35.0 Å². The van der Waals surface area contributed by atoms with Gasteiger partial charge in [0.05, 0.1) is 6.61 Å². The van der Waals surface area contributed by atoms with Gasteiger partial charge in [0.2, 0.25) is 0 Å². The van der Waals surface area contributed by atoms with Gasteiger partial charge in [-0.25, -0.2) is 14.1 Å². The predicted molar refractivity (Wildman–Crippen MR) is 74.4 cm³/mol. The SMILES string of the molecule is COCCNCc1cccc(F)c1-n1nc(C)nc1C. The van der Waals surface area contributed by atoms with Gasteiger partial charge in [0.25, 0.3) is 0 Å². The topological polar surface area (TPSA) is 52.0 Å². The zero-order valence-electron chi connectivity index (χ0n) is 12.0. The summed E-state index contributed by atoms with van der Waals surface area (Å²) >= 11 is 0. The Morgan fingerprint density at radius 3 is 2.80 bits per heavy atom. The highest BCUT2D eigenvalue weighted by Crippen LogP contribution is 2.19. The molecule has 1 aromatic carbocycles. The third-order valence-corrected chi connectivity index (χ3v) is 2.96. The average Bonchev–Trinajstić information content (AvgIpc) is 2.74. The maximum absolute atomic E-state index is 14.2. The van der Waals surface area contributed by atoms with Crippen LogP contribution in [0.2, 0.25) is 0 Å². The van der Waals surface area contributed by atoms with Crippen molar-refractivity contribution in [3.8, 4) is 5.69 Å². The van der Waals surface area contributed by atoms with Gasteiger partial charge in [-0.3, -0.25) is 0 Å². The van der Waals surface area contributed by atoms with E-state index in [4.69, 9.17) is 4.74 Å². The molecule has 0 unspecified atom stereocenters. The predicted octanol–water partition coefficient (Wildman–Crippen LogP) is 1.76. The zero-order chi connectivity index (χ0) is 14.5. The smallest absolute Gasteiger partial charge is 0.149 e. The lowest BCUT2D eigenvalue weighted by molar-refractivity contribution is 0.199. The fraction of sp³-hybridized carbons (Fsp3) is 0.429. The van der Waals surface area contributed by atoms with Gasteiger partial charge in [-0.1, -0.05) is 12.1 Å². The molecule has 0 atom stereocenters. The second kappa shape index (κ2) is 6.58. The van der Waals surface area contributed by atoms with Crippen molar-refractivity contribution in [1.29, 1.82) is 0 Å². The van der Waals surface area contributed by atoms with Gasteiger partial charge >= 0.3 is 0 Å². The molecule has 0 saturated carbocycles. The molecule has 6 heteroatoms. The van der Waals surface area contributed by atoms with Crippen LogP contribution in [0, 0.1) is 19.7 Å². The van der Waals surface area contributed by atoms with Crippen LogP contribution in [-0.2, 0) is 11.3 Å². The number of nitrogens with zero attached hydrogens (tertiary/aromatic N) is 3. The number of para-hydroxylation sites is 1. The fourth-order valence-corrected chi connectivity index (χ4v) is 2.07. The molecule has 108 valence electrons. The van der Waals surface area contributed by atoms with E-state index < -0.39 is 0 Å². The minimum atomic E-state index is -0.302. The summed E-state index contributed by atoms with van der Waals surface area (Å²) in [5.74, 6) is 0.999. The van der Waals surface area contributed by atoms with E-state index in [0.29, 0.717) is 37.0 Å². The van der Waals surface area contributed by atoms with Crippen molar-refractivity contribution in [2.75, 3.05) is 20.3 Å². The number of rotatable bonds is 6. The summed E-state index contributed by atoms with van der Waals surface area (Å²) in [6, 6.07) is 5.02. The number of ether oxygens (including phenoxy) is 1. The Labute approximate surface area is 117 Å². The van der Waals surface area contributed by atoms with E-state index in [1.165, 1.54) is 6.07 Å². The number of benzene rings is 1. The van der Waals surface area contributed by atoms with Crippen molar-refractivity contribution in [2.45, 2.75) is 20.4 Å². The van der Waals surface area contributed by atoms with Crippen LogP contribution in [0.15, 0.2) is 18.2 Å². The monoisotopic (exact) mass is 278 g/mol. The molecule has 0 radical (unpaired) electrons. The molecule has 2 aromatic rings. The number of hydrogen-bond donors (Lipinski definition) is 1. The minimum Gasteiger partial charge on any atom is -0.383 e. The lowest BCUT2D eigenvalue weighted by Crippen LogP contribution is -2.20. The molecule has 1 heterocycles. The van der Waals surface area contributed by atoms with Crippen molar-refractivity contribution in [3.63, 3.8) is 0 Å². The van der Waals surface area contributed by atoms with Crippen LogP contribution in [0.3, 0.4) is 0 Å². The van der Waals surface area contributed by atoms with Crippen LogP contribution in [0.4, 0.5) is 4.39 Å².